The number of non-ortho nitro benzene ring substituents is 1. The molecule has 24 heavy (non-hydrogen) atoms. The van der Waals surface area contributed by atoms with Gasteiger partial charge >= 0.3 is 5.97 Å². The first-order valence-electron chi connectivity index (χ1n) is 7.15. The van der Waals surface area contributed by atoms with Gasteiger partial charge in [0, 0.05) is 23.4 Å². The average molecular weight is 345 g/mol. The molecule has 2 rings (SSSR count). The van der Waals surface area contributed by atoms with Crippen LogP contribution in [0.2, 0.25) is 0 Å². The maximum Gasteiger partial charge on any atom is 0.314 e. The minimum atomic E-state index is -0.528. The van der Waals surface area contributed by atoms with Crippen molar-refractivity contribution in [3.63, 3.8) is 0 Å². The Morgan fingerprint density at radius 2 is 1.75 bits per heavy atom. The van der Waals surface area contributed by atoms with Gasteiger partial charge in [0.05, 0.1) is 10.8 Å². The van der Waals surface area contributed by atoms with E-state index in [0.29, 0.717) is 11.3 Å². The van der Waals surface area contributed by atoms with Crippen molar-refractivity contribution in [1.29, 1.82) is 0 Å². The SMILES string of the molecule is C[C@H](CSC(=O)c1ccccc1)C(=O)Oc1ccc([N+](=O)[O-])cc1. The van der Waals surface area contributed by atoms with E-state index in [2.05, 4.69) is 0 Å². The number of benzene rings is 2. The number of esters is 1. The summed E-state index contributed by atoms with van der Waals surface area (Å²) in [5.74, 6) is -0.452. The summed E-state index contributed by atoms with van der Waals surface area (Å²) in [7, 11) is 0. The largest absolute Gasteiger partial charge is 0.426 e. The van der Waals surface area contributed by atoms with Crippen molar-refractivity contribution in [2.24, 2.45) is 5.92 Å². The Morgan fingerprint density at radius 1 is 1.12 bits per heavy atom. The molecule has 2 aromatic carbocycles. The minimum absolute atomic E-state index is 0.0770. The van der Waals surface area contributed by atoms with Gasteiger partial charge in [0.15, 0.2) is 0 Å². The van der Waals surface area contributed by atoms with Gasteiger partial charge in [-0.1, -0.05) is 49.0 Å². The van der Waals surface area contributed by atoms with Crippen LogP contribution in [0.15, 0.2) is 54.6 Å². The molecule has 0 aliphatic carbocycles. The molecule has 0 fully saturated rings. The second kappa shape index (κ2) is 8.26. The molecule has 2 aromatic rings. The molecule has 0 saturated carbocycles. The number of thioether (sulfide) groups is 1. The van der Waals surface area contributed by atoms with Crippen molar-refractivity contribution >= 4 is 28.5 Å². The second-order valence-electron chi connectivity index (χ2n) is 5.04. The number of hydrogen-bond acceptors (Lipinski definition) is 6. The molecule has 0 aromatic heterocycles. The van der Waals surface area contributed by atoms with E-state index in [1.54, 1.807) is 31.2 Å². The smallest absolute Gasteiger partial charge is 0.314 e. The van der Waals surface area contributed by atoms with Crippen LogP contribution >= 0.6 is 11.8 Å². The fourth-order valence-corrected chi connectivity index (χ4v) is 2.62. The zero-order valence-corrected chi connectivity index (χ0v) is 13.7. The third-order valence-electron chi connectivity index (χ3n) is 3.14. The fourth-order valence-electron chi connectivity index (χ4n) is 1.78. The van der Waals surface area contributed by atoms with E-state index >= 15 is 0 Å². The summed E-state index contributed by atoms with van der Waals surface area (Å²) in [6.45, 7) is 1.67. The van der Waals surface area contributed by atoms with Crippen molar-refractivity contribution < 1.29 is 19.2 Å². The standard InChI is InChI=1S/C17H15NO5S/c1-12(11-24-17(20)13-5-3-2-4-6-13)16(19)23-15-9-7-14(8-10-15)18(21)22/h2-10,12H,11H2,1H3/t12-/m1/s1. The zero-order chi connectivity index (χ0) is 17.5. The summed E-state index contributed by atoms with van der Waals surface area (Å²) in [5.41, 5.74) is 0.505. The summed E-state index contributed by atoms with van der Waals surface area (Å²) in [4.78, 5) is 34.0. The van der Waals surface area contributed by atoms with Gasteiger partial charge < -0.3 is 4.74 Å². The molecule has 0 aliphatic rings. The molecule has 1 atom stereocenters. The molecule has 124 valence electrons. The third-order valence-corrected chi connectivity index (χ3v) is 4.31. The number of hydrogen-bond donors (Lipinski definition) is 0. The molecule has 0 N–H and O–H groups in total. The molecule has 0 saturated heterocycles. The van der Waals surface area contributed by atoms with Crippen LogP contribution in [0.5, 0.6) is 5.75 Å². The van der Waals surface area contributed by atoms with Crippen LogP contribution in [0, 0.1) is 16.0 Å². The molecule has 0 spiro atoms. The van der Waals surface area contributed by atoms with E-state index in [4.69, 9.17) is 4.74 Å². The summed E-state index contributed by atoms with van der Waals surface area (Å²) < 4.78 is 5.16. The molecular weight excluding hydrogens is 330 g/mol. The number of carbonyl (C=O) groups excluding carboxylic acids is 2. The molecule has 0 heterocycles. The van der Waals surface area contributed by atoms with E-state index in [0.717, 1.165) is 11.8 Å². The van der Waals surface area contributed by atoms with Crippen LogP contribution in [0.4, 0.5) is 5.69 Å². The molecule has 0 aliphatic heterocycles. The Balaban J connectivity index is 1.85. The van der Waals surface area contributed by atoms with Crippen molar-refractivity contribution in [3.8, 4) is 5.75 Å². The lowest BCUT2D eigenvalue weighted by atomic mass is 10.2. The highest BCUT2D eigenvalue weighted by Gasteiger charge is 2.18. The van der Waals surface area contributed by atoms with Gasteiger partial charge in [-0.2, -0.15) is 0 Å². The van der Waals surface area contributed by atoms with Gasteiger partial charge in [-0.15, -0.1) is 0 Å². The summed E-state index contributed by atoms with van der Waals surface area (Å²) >= 11 is 1.05. The molecule has 0 radical (unpaired) electrons. The Kier molecular flexibility index (Phi) is 6.08. The van der Waals surface area contributed by atoms with Gasteiger partial charge in [-0.25, -0.2) is 0 Å². The Labute approximate surface area is 143 Å². The fraction of sp³-hybridized carbons (Fsp3) is 0.176. The predicted octanol–water partition coefficient (Wildman–Crippen LogP) is 3.71. The van der Waals surface area contributed by atoms with Gasteiger partial charge in [0.2, 0.25) is 5.12 Å². The first-order chi connectivity index (χ1) is 11.5. The maximum absolute atomic E-state index is 12.0. The molecule has 0 amide bonds. The zero-order valence-electron chi connectivity index (χ0n) is 12.9. The molecular formula is C17H15NO5S. The lowest BCUT2D eigenvalue weighted by Crippen LogP contribution is -2.20. The lowest BCUT2D eigenvalue weighted by molar-refractivity contribution is -0.384. The number of nitro benzene ring substituents is 1. The Morgan fingerprint density at radius 3 is 2.33 bits per heavy atom. The van der Waals surface area contributed by atoms with Crippen molar-refractivity contribution in [3.05, 3.63) is 70.3 Å². The predicted molar refractivity (Wildman–Crippen MR) is 91.1 cm³/mol. The number of ether oxygens (including phenoxy) is 1. The topological polar surface area (TPSA) is 86.5 Å². The van der Waals surface area contributed by atoms with Crippen molar-refractivity contribution in [2.75, 3.05) is 5.75 Å². The lowest BCUT2D eigenvalue weighted by Gasteiger charge is -2.10. The van der Waals surface area contributed by atoms with Crippen LogP contribution in [0.3, 0.4) is 0 Å². The van der Waals surface area contributed by atoms with E-state index in [1.807, 2.05) is 6.07 Å². The highest BCUT2D eigenvalue weighted by Crippen LogP contribution is 2.20. The normalized spacial score (nSPS) is 11.5. The molecule has 7 heteroatoms. The molecule has 0 unspecified atom stereocenters. The van der Waals surface area contributed by atoms with Gasteiger partial charge in [0.1, 0.15) is 5.75 Å². The van der Waals surface area contributed by atoms with E-state index < -0.39 is 16.8 Å². The quantitative estimate of drug-likeness (QED) is 0.343. The highest BCUT2D eigenvalue weighted by atomic mass is 32.2. The summed E-state index contributed by atoms with van der Waals surface area (Å²) in [6, 6.07) is 14.1. The van der Waals surface area contributed by atoms with Crippen molar-refractivity contribution in [1.82, 2.24) is 0 Å². The summed E-state index contributed by atoms with van der Waals surface area (Å²) in [5, 5.41) is 10.5. The second-order valence-corrected chi connectivity index (χ2v) is 6.03. The maximum atomic E-state index is 12.0. The van der Waals surface area contributed by atoms with Crippen molar-refractivity contribution in [2.45, 2.75) is 6.92 Å². The van der Waals surface area contributed by atoms with Gasteiger partial charge in [-0.05, 0) is 12.1 Å². The summed E-state index contributed by atoms with van der Waals surface area (Å²) in [6.07, 6.45) is 0. The average Bonchev–Trinajstić information content (AvgIpc) is 2.60. The van der Waals surface area contributed by atoms with E-state index in [9.17, 15) is 19.7 Å². The Bertz CT molecular complexity index is 730. The molecule has 0 bridgehead atoms. The Hall–Kier alpha value is -2.67. The number of rotatable bonds is 6. The van der Waals surface area contributed by atoms with Crippen LogP contribution in [0.1, 0.15) is 17.3 Å². The monoisotopic (exact) mass is 345 g/mol. The van der Waals surface area contributed by atoms with E-state index in [1.165, 1.54) is 24.3 Å². The van der Waals surface area contributed by atoms with Crippen LogP contribution < -0.4 is 4.74 Å². The van der Waals surface area contributed by atoms with Gasteiger partial charge in [-0.3, -0.25) is 19.7 Å². The third kappa shape index (κ3) is 4.92. The highest BCUT2D eigenvalue weighted by molar-refractivity contribution is 8.14. The van der Waals surface area contributed by atoms with Gasteiger partial charge in [0.25, 0.3) is 5.69 Å². The van der Waals surface area contributed by atoms with Crippen LogP contribution in [-0.4, -0.2) is 21.8 Å². The number of carbonyl (C=O) groups is 2. The first kappa shape index (κ1) is 17.7. The number of nitrogens with zero attached hydrogens (tertiary/aromatic N) is 1. The first-order valence-corrected chi connectivity index (χ1v) is 8.14. The van der Waals surface area contributed by atoms with Crippen LogP contribution in [-0.2, 0) is 4.79 Å². The molecule has 6 nitrogen and oxygen atoms in total. The number of nitro groups is 1. The minimum Gasteiger partial charge on any atom is -0.426 e. The van der Waals surface area contributed by atoms with E-state index in [-0.39, 0.29) is 16.6 Å². The van der Waals surface area contributed by atoms with Crippen LogP contribution in [0.25, 0.3) is 0 Å².